The smallest absolute Gasteiger partial charge is 0.190 e. The molecule has 0 amide bonds. The van der Waals surface area contributed by atoms with Gasteiger partial charge in [-0.1, -0.05) is 0 Å². The standard InChI is InChI=1S/C17H23N3OS.C16H25N3O.C7H6N4S/c21-17-2-1-9-20(12-17)16-7-10-19(11-8-16)15-5-3-14(4-6-15)18-13-22;17-13-3-5-14(6-4-13)18-10-7-15(8-11-18)19-9-1-2-16(20)12-19;12-7(10-3-1-8-5-10)11-4-2-9-6-11/h3-6,16-17,21H,1-2,7-12H2;3-6,15-16,20H,1-2,7-12,17H2;1-6H. The first-order valence-electron chi connectivity index (χ1n) is 19.2. The molecule has 4 fully saturated rings. The number of aromatic nitrogens is 4. The van der Waals surface area contributed by atoms with Gasteiger partial charge in [0.15, 0.2) is 5.11 Å². The molecular weight excluding hydrogens is 717 g/mol. The highest BCUT2D eigenvalue weighted by Crippen LogP contribution is 2.27. The first-order chi connectivity index (χ1) is 26.4. The van der Waals surface area contributed by atoms with Crippen molar-refractivity contribution in [1.82, 2.24) is 28.9 Å². The Bertz CT molecular complexity index is 1700. The average molecular weight is 771 g/mol. The number of aliphatic imine (C=N–C) groups is 1. The Morgan fingerprint density at radius 2 is 1.11 bits per heavy atom. The van der Waals surface area contributed by atoms with Gasteiger partial charge in [-0.05, 0) is 137 Å². The van der Waals surface area contributed by atoms with Gasteiger partial charge in [0.05, 0.1) is 23.1 Å². The van der Waals surface area contributed by atoms with E-state index in [0.717, 1.165) is 89.4 Å². The van der Waals surface area contributed by atoms with Gasteiger partial charge < -0.3 is 25.7 Å². The number of rotatable bonds is 5. The Hall–Kier alpha value is -4.01. The number of nitrogens with zero attached hydrogens (tertiary/aromatic N) is 9. The van der Waals surface area contributed by atoms with Crippen LogP contribution in [0.4, 0.5) is 22.7 Å². The molecule has 288 valence electrons. The fourth-order valence-corrected chi connectivity index (χ4v) is 8.28. The Kier molecular flexibility index (Phi) is 14.7. The number of likely N-dealkylation sites (tertiary alicyclic amines) is 2. The van der Waals surface area contributed by atoms with E-state index in [1.54, 1.807) is 46.6 Å². The number of piperidine rings is 4. The summed E-state index contributed by atoms with van der Waals surface area (Å²) in [4.78, 5) is 21.6. The van der Waals surface area contributed by atoms with E-state index in [1.807, 2.05) is 24.3 Å². The molecule has 8 rings (SSSR count). The first kappa shape index (κ1) is 39.7. The lowest BCUT2D eigenvalue weighted by molar-refractivity contribution is 0.0397. The zero-order valence-electron chi connectivity index (χ0n) is 31.0. The third kappa shape index (κ3) is 11.3. The number of isothiocyanates is 1. The number of aliphatic hydroxyl groups excluding tert-OH is 2. The number of β-amino-alcohol motifs (C(OH)–C–C–N with tert-alkyl or cyclic N) is 2. The number of hydrogen-bond donors (Lipinski definition) is 3. The summed E-state index contributed by atoms with van der Waals surface area (Å²) in [6.07, 6.45) is 19.0. The van der Waals surface area contributed by atoms with Gasteiger partial charge in [0.2, 0.25) is 0 Å². The normalized spacial score (nSPS) is 21.6. The molecule has 0 aliphatic carbocycles. The second kappa shape index (κ2) is 20.1. The molecule has 54 heavy (non-hydrogen) atoms. The van der Waals surface area contributed by atoms with Crippen LogP contribution in [-0.2, 0) is 0 Å². The van der Waals surface area contributed by atoms with E-state index < -0.39 is 0 Å². The van der Waals surface area contributed by atoms with Crippen LogP contribution in [0, 0.1) is 0 Å². The zero-order valence-corrected chi connectivity index (χ0v) is 32.7. The molecule has 0 bridgehead atoms. The number of anilines is 3. The van der Waals surface area contributed by atoms with Crippen molar-refractivity contribution in [3.8, 4) is 0 Å². The Morgan fingerprint density at radius 1 is 0.667 bits per heavy atom. The van der Waals surface area contributed by atoms with Gasteiger partial charge in [-0.25, -0.2) is 9.97 Å². The summed E-state index contributed by atoms with van der Waals surface area (Å²) in [5, 5.41) is 22.7. The molecule has 2 aromatic heterocycles. The molecule has 2 atom stereocenters. The van der Waals surface area contributed by atoms with Gasteiger partial charge in [-0.2, -0.15) is 4.99 Å². The summed E-state index contributed by atoms with van der Waals surface area (Å²) >= 11 is 9.77. The number of hydrogen-bond acceptors (Lipinski definition) is 12. The van der Waals surface area contributed by atoms with E-state index in [9.17, 15) is 10.2 Å². The van der Waals surface area contributed by atoms with Crippen LogP contribution in [0.25, 0.3) is 0 Å². The predicted molar refractivity (Wildman–Crippen MR) is 224 cm³/mol. The van der Waals surface area contributed by atoms with Gasteiger partial charge in [0, 0.05) is 93.2 Å². The molecule has 4 N–H and O–H groups in total. The van der Waals surface area contributed by atoms with Crippen molar-refractivity contribution < 1.29 is 10.2 Å². The summed E-state index contributed by atoms with van der Waals surface area (Å²) in [5.74, 6) is 0. The minimum absolute atomic E-state index is 0.112. The van der Waals surface area contributed by atoms with Gasteiger partial charge in [-0.3, -0.25) is 18.9 Å². The van der Waals surface area contributed by atoms with Crippen molar-refractivity contribution in [1.29, 1.82) is 0 Å². The molecule has 12 nitrogen and oxygen atoms in total. The number of nitrogen functional groups attached to an aromatic ring is 1. The molecule has 2 aromatic carbocycles. The highest BCUT2D eigenvalue weighted by Gasteiger charge is 2.29. The molecule has 14 heteroatoms. The summed E-state index contributed by atoms with van der Waals surface area (Å²) in [7, 11) is 0. The van der Waals surface area contributed by atoms with Gasteiger partial charge in [-0.15, -0.1) is 0 Å². The van der Waals surface area contributed by atoms with Crippen molar-refractivity contribution in [3.63, 3.8) is 0 Å². The van der Waals surface area contributed by atoms with Crippen molar-refractivity contribution in [2.24, 2.45) is 4.99 Å². The van der Waals surface area contributed by atoms with Gasteiger partial charge in [0.1, 0.15) is 12.7 Å². The van der Waals surface area contributed by atoms with Crippen LogP contribution >= 0.6 is 24.4 Å². The lowest BCUT2D eigenvalue weighted by Crippen LogP contribution is -2.49. The largest absolute Gasteiger partial charge is 0.399 e. The molecular formula is C40H54N10O2S2. The van der Waals surface area contributed by atoms with Crippen LogP contribution < -0.4 is 15.5 Å². The first-order valence-corrected chi connectivity index (χ1v) is 20.1. The van der Waals surface area contributed by atoms with Crippen LogP contribution in [0.15, 0.2) is 91.0 Å². The molecule has 4 saturated heterocycles. The maximum atomic E-state index is 9.84. The van der Waals surface area contributed by atoms with Crippen LogP contribution in [0.5, 0.6) is 0 Å². The summed E-state index contributed by atoms with van der Waals surface area (Å²) in [5.41, 5.74) is 9.95. The zero-order chi connectivity index (χ0) is 37.7. The lowest BCUT2D eigenvalue weighted by atomic mass is 9.98. The fraction of sp³-hybridized carbons (Fsp3) is 0.500. The Morgan fingerprint density at radius 3 is 1.50 bits per heavy atom. The minimum Gasteiger partial charge on any atom is -0.399 e. The van der Waals surface area contributed by atoms with E-state index in [-0.39, 0.29) is 12.2 Å². The average Bonchev–Trinajstić information content (AvgIpc) is 3.96. The van der Waals surface area contributed by atoms with Crippen LogP contribution in [0.3, 0.4) is 0 Å². The minimum atomic E-state index is -0.124. The van der Waals surface area contributed by atoms with Gasteiger partial charge in [0.25, 0.3) is 0 Å². The molecule has 0 saturated carbocycles. The van der Waals surface area contributed by atoms with Crippen LogP contribution in [0.1, 0.15) is 51.4 Å². The van der Waals surface area contributed by atoms with E-state index >= 15 is 0 Å². The maximum absolute atomic E-state index is 9.84. The second-order valence-electron chi connectivity index (χ2n) is 14.6. The molecule has 0 radical (unpaired) electrons. The fourth-order valence-electron chi connectivity index (χ4n) is 7.96. The molecule has 2 unspecified atom stereocenters. The summed E-state index contributed by atoms with van der Waals surface area (Å²) in [6, 6.07) is 17.6. The Balaban J connectivity index is 0.000000144. The quantitative estimate of drug-likeness (QED) is 0.139. The molecule has 4 aliphatic rings. The second-order valence-corrected chi connectivity index (χ2v) is 15.1. The number of imidazole rings is 2. The van der Waals surface area contributed by atoms with E-state index in [1.165, 1.54) is 37.1 Å². The molecule has 6 heterocycles. The van der Waals surface area contributed by atoms with Crippen molar-refractivity contribution in [2.45, 2.75) is 75.7 Å². The third-order valence-corrected chi connectivity index (χ3v) is 11.4. The number of benzene rings is 2. The van der Waals surface area contributed by atoms with Gasteiger partial charge >= 0.3 is 0 Å². The molecule has 4 aliphatic heterocycles. The van der Waals surface area contributed by atoms with Crippen molar-refractivity contribution in [3.05, 3.63) is 86.0 Å². The number of aliphatic hydroxyl groups is 2. The number of thiocarbonyl (C=S) groups is 2. The van der Waals surface area contributed by atoms with Crippen LogP contribution in [-0.4, -0.2) is 126 Å². The predicted octanol–water partition coefficient (Wildman–Crippen LogP) is 5.30. The monoisotopic (exact) mass is 770 g/mol. The highest BCUT2D eigenvalue weighted by atomic mass is 32.1. The van der Waals surface area contributed by atoms with E-state index in [2.05, 4.69) is 76.2 Å². The Labute approximate surface area is 329 Å². The molecule has 4 aromatic rings. The third-order valence-electron chi connectivity index (χ3n) is 10.9. The van der Waals surface area contributed by atoms with Crippen molar-refractivity contribution in [2.75, 3.05) is 67.9 Å². The SMILES string of the molecule is Nc1ccc(N2CCC(N3CCCC(O)C3)CC2)cc1.OC1CCCN(C2CCN(c3ccc(N=C=S)cc3)CC2)C1.S=C(n1ccnc1)n1ccnc1. The van der Waals surface area contributed by atoms with E-state index in [0.29, 0.717) is 17.2 Å². The number of nitrogens with two attached hydrogens (primary N) is 1. The summed E-state index contributed by atoms with van der Waals surface area (Å²) < 4.78 is 3.49. The lowest BCUT2D eigenvalue weighted by Gasteiger charge is -2.42. The molecule has 0 spiro atoms. The van der Waals surface area contributed by atoms with Crippen LogP contribution in [0.2, 0.25) is 0 Å². The topological polar surface area (TPSA) is 127 Å². The van der Waals surface area contributed by atoms with Crippen molar-refractivity contribution >= 4 is 57.5 Å². The summed E-state index contributed by atoms with van der Waals surface area (Å²) in [6.45, 7) is 8.37. The highest BCUT2D eigenvalue weighted by molar-refractivity contribution is 7.80. The maximum Gasteiger partial charge on any atom is 0.190 e. The van der Waals surface area contributed by atoms with E-state index in [4.69, 9.17) is 18.0 Å².